The number of aliphatic hydroxyl groups is 6. The highest BCUT2D eigenvalue weighted by Gasteiger charge is 2.86. The van der Waals surface area contributed by atoms with Crippen molar-refractivity contribution in [2.24, 2.45) is 44.3 Å². The highest BCUT2D eigenvalue weighted by atomic mass is 16.6. The van der Waals surface area contributed by atoms with Gasteiger partial charge in [0.2, 0.25) is 0 Å². The number of carbonyl (C=O) groups is 4. The summed E-state index contributed by atoms with van der Waals surface area (Å²) < 4.78 is 12.3. The van der Waals surface area contributed by atoms with Gasteiger partial charge in [0.05, 0.1) is 24.0 Å². The number of esters is 2. The van der Waals surface area contributed by atoms with Crippen molar-refractivity contribution in [3.63, 3.8) is 0 Å². The van der Waals surface area contributed by atoms with Gasteiger partial charge < -0.3 is 45.6 Å². The van der Waals surface area contributed by atoms with Gasteiger partial charge in [-0.3, -0.25) is 19.2 Å². The molecule has 53 heavy (non-hydrogen) atoms. The molecule has 0 aromatic heterocycles. The molecule has 0 unspecified atom stereocenters. The predicted octanol–water partition coefficient (Wildman–Crippen LogP) is 1.37. The monoisotopic (exact) mass is 746 g/mol. The predicted molar refractivity (Wildman–Crippen MR) is 183 cm³/mol. The Morgan fingerprint density at radius 3 is 1.25 bits per heavy atom. The van der Waals surface area contributed by atoms with Crippen molar-refractivity contribution in [1.29, 1.82) is 0 Å². The highest BCUT2D eigenvalue weighted by Crippen LogP contribution is 2.79. The summed E-state index contributed by atoms with van der Waals surface area (Å²) in [6.45, 7) is 6.53. The third kappa shape index (κ3) is 3.48. The van der Waals surface area contributed by atoms with Crippen molar-refractivity contribution in [2.75, 3.05) is 13.2 Å². The molecular weight excluding hydrogens is 688 g/mol. The van der Waals surface area contributed by atoms with Gasteiger partial charge in [0.15, 0.2) is 22.8 Å². The van der Waals surface area contributed by atoms with Crippen LogP contribution >= 0.6 is 0 Å². The Labute approximate surface area is 309 Å². The molecule has 8 saturated carbocycles. The van der Waals surface area contributed by atoms with E-state index in [1.54, 1.807) is 0 Å². The number of Topliss-reactive ketones (excluding diaryl/α,β-unsaturated/α-hetero) is 2. The van der Waals surface area contributed by atoms with Crippen LogP contribution in [0.3, 0.4) is 0 Å². The number of ether oxygens (including phenoxy) is 2. The van der Waals surface area contributed by atoms with Crippen molar-refractivity contribution in [1.82, 2.24) is 0 Å². The summed E-state index contributed by atoms with van der Waals surface area (Å²) in [6, 6.07) is 0. The summed E-state index contributed by atoms with van der Waals surface area (Å²) in [6.07, 6.45) is 9.09. The molecule has 13 heteroatoms. The molecule has 10 rings (SSSR count). The third-order valence-electron chi connectivity index (χ3n) is 19.2. The molecule has 2 spiro atoms. The van der Waals surface area contributed by atoms with Crippen LogP contribution in [-0.2, 0) is 28.7 Å². The maximum atomic E-state index is 13.5. The SMILES string of the molecule is C[C@]12CC[C@]3(O)C[C@@]1(CC[C@@H]1[C@@]4(C)CCC[C@]12OC4=O)C(=O)[C@@]3(O)CO.C[C@]12CC[C@]3(O)C[C@@]1(CC[C@@H]1[C@@]4(C)CCC[C@]12OC4=O)C(=O)[C@@]3(O)CO.O. The van der Waals surface area contributed by atoms with E-state index in [1.165, 1.54) is 0 Å². The Bertz CT molecular complexity index is 1600. The Hall–Kier alpha value is -2.00. The minimum absolute atomic E-state index is 0. The van der Waals surface area contributed by atoms with Crippen molar-refractivity contribution in [2.45, 2.75) is 164 Å². The van der Waals surface area contributed by atoms with Crippen LogP contribution in [0.15, 0.2) is 0 Å². The maximum absolute atomic E-state index is 13.5. The number of aliphatic hydroxyl groups excluding tert-OH is 2. The van der Waals surface area contributed by atoms with E-state index in [1.807, 2.05) is 27.7 Å². The smallest absolute Gasteiger partial charge is 0.312 e. The van der Waals surface area contributed by atoms with Crippen LogP contribution in [0, 0.1) is 44.3 Å². The topological polar surface area (TPSA) is 240 Å². The molecule has 2 heterocycles. The first-order valence-corrected chi connectivity index (χ1v) is 19.8. The third-order valence-corrected chi connectivity index (χ3v) is 19.2. The second kappa shape index (κ2) is 10.3. The van der Waals surface area contributed by atoms with Gasteiger partial charge in [-0.1, -0.05) is 13.8 Å². The lowest BCUT2D eigenvalue weighted by Gasteiger charge is -2.64. The average molecular weight is 747 g/mol. The van der Waals surface area contributed by atoms with Gasteiger partial charge in [0, 0.05) is 33.5 Å². The highest BCUT2D eigenvalue weighted by molar-refractivity contribution is 5.99. The summed E-state index contributed by atoms with van der Waals surface area (Å²) in [4.78, 5) is 52.7. The molecule has 8 N–H and O–H groups in total. The number of fused-ring (bicyclic) bond motifs is 2. The van der Waals surface area contributed by atoms with Gasteiger partial charge in [-0.25, -0.2) is 0 Å². The fraction of sp³-hybridized carbons (Fsp3) is 0.900. The van der Waals surface area contributed by atoms with Crippen LogP contribution in [0.25, 0.3) is 0 Å². The fourth-order valence-electron chi connectivity index (χ4n) is 16.1. The average Bonchev–Trinajstić information content (AvgIpc) is 3.47. The number of hydrogen-bond acceptors (Lipinski definition) is 12. The van der Waals surface area contributed by atoms with Gasteiger partial charge in [-0.2, -0.15) is 0 Å². The molecule has 2 aliphatic heterocycles. The summed E-state index contributed by atoms with van der Waals surface area (Å²) in [5.41, 5.74) is -13.0. The Balaban J connectivity index is 0.000000148. The zero-order chi connectivity index (χ0) is 37.6. The molecule has 0 aromatic rings. The van der Waals surface area contributed by atoms with Gasteiger partial charge in [0.25, 0.3) is 0 Å². The zero-order valence-corrected chi connectivity index (χ0v) is 31.5. The lowest BCUT2D eigenvalue weighted by Crippen LogP contribution is -2.67. The van der Waals surface area contributed by atoms with Gasteiger partial charge >= 0.3 is 11.9 Å². The minimum atomic E-state index is -2.12. The number of ketones is 2. The minimum Gasteiger partial charge on any atom is -0.458 e. The van der Waals surface area contributed by atoms with Crippen molar-refractivity contribution in [3.05, 3.63) is 0 Å². The molecule has 2 saturated heterocycles. The van der Waals surface area contributed by atoms with Crippen LogP contribution in [0.1, 0.15) is 130 Å². The first-order chi connectivity index (χ1) is 24.1. The Morgan fingerprint density at radius 2 is 0.906 bits per heavy atom. The van der Waals surface area contributed by atoms with Crippen molar-refractivity contribution >= 4 is 23.5 Å². The first kappa shape index (κ1) is 37.9. The van der Waals surface area contributed by atoms with E-state index in [0.717, 1.165) is 38.5 Å². The van der Waals surface area contributed by atoms with Crippen LogP contribution in [0.2, 0.25) is 0 Å². The van der Waals surface area contributed by atoms with Gasteiger partial charge in [0.1, 0.15) is 22.4 Å². The summed E-state index contributed by atoms with van der Waals surface area (Å²) >= 11 is 0. The molecular formula is C40H58O13. The van der Waals surface area contributed by atoms with E-state index in [9.17, 15) is 49.8 Å². The molecule has 0 radical (unpaired) electrons. The van der Waals surface area contributed by atoms with E-state index in [-0.39, 0.29) is 54.9 Å². The van der Waals surface area contributed by atoms with Crippen LogP contribution < -0.4 is 0 Å². The normalized spacial score (nSPS) is 59.3. The van der Waals surface area contributed by atoms with E-state index in [2.05, 4.69) is 0 Å². The van der Waals surface area contributed by atoms with Crippen LogP contribution in [0.5, 0.6) is 0 Å². The lowest BCUT2D eigenvalue weighted by molar-refractivity contribution is -0.233. The lowest BCUT2D eigenvalue weighted by atomic mass is 9.39. The summed E-state index contributed by atoms with van der Waals surface area (Å²) in [5, 5.41) is 63.7. The van der Waals surface area contributed by atoms with Crippen LogP contribution in [0.4, 0.5) is 0 Å². The molecule has 8 bridgehead atoms. The second-order valence-corrected chi connectivity index (χ2v) is 20.2. The standard InChI is InChI=1S/2C20H28O6.H2O/c2*1-15-5-3-6-20(26-14(15)23)12(15)4-7-17-10-18(24,9-8-16(17,20)2)19(25,11-21)13(17)22;/h2*12,21,24-25H,3-11H2,1-2H3;1H2/t2*12-,15-,16+,17+,18+,19+,20+;/m11./s1. The molecule has 8 aliphatic carbocycles. The van der Waals surface area contributed by atoms with Crippen molar-refractivity contribution < 1.29 is 64.8 Å². The van der Waals surface area contributed by atoms with Crippen molar-refractivity contribution in [3.8, 4) is 0 Å². The van der Waals surface area contributed by atoms with Crippen LogP contribution in [-0.4, -0.2) is 106 Å². The fourth-order valence-corrected chi connectivity index (χ4v) is 16.1. The summed E-state index contributed by atoms with van der Waals surface area (Å²) in [7, 11) is 0. The number of carbonyl (C=O) groups excluding carboxylic acids is 4. The maximum Gasteiger partial charge on any atom is 0.312 e. The number of rotatable bonds is 2. The molecule has 10 aliphatic rings. The summed E-state index contributed by atoms with van der Waals surface area (Å²) in [5.74, 6) is -1.04. The zero-order valence-electron chi connectivity index (χ0n) is 31.5. The second-order valence-electron chi connectivity index (χ2n) is 20.2. The number of hydrogen-bond donors (Lipinski definition) is 6. The van der Waals surface area contributed by atoms with Gasteiger partial charge in [-0.05, 0) is 117 Å². The van der Waals surface area contributed by atoms with E-state index < -0.39 is 90.9 Å². The quantitative estimate of drug-likeness (QED) is 0.220. The Morgan fingerprint density at radius 1 is 0.547 bits per heavy atom. The molecule has 0 amide bonds. The molecule has 13 nitrogen and oxygen atoms in total. The first-order valence-electron chi connectivity index (χ1n) is 19.8. The molecule has 0 aromatic carbocycles. The van der Waals surface area contributed by atoms with Gasteiger partial charge in [-0.15, -0.1) is 0 Å². The molecule has 14 atom stereocenters. The van der Waals surface area contributed by atoms with E-state index in [0.29, 0.717) is 38.5 Å². The molecule has 296 valence electrons. The molecule has 10 fully saturated rings. The largest absolute Gasteiger partial charge is 0.458 e. The van der Waals surface area contributed by atoms with E-state index >= 15 is 0 Å². The Kier molecular flexibility index (Phi) is 7.36. The van der Waals surface area contributed by atoms with E-state index in [4.69, 9.17) is 9.47 Å².